The molecule has 0 aliphatic carbocycles. The molecule has 0 radical (unpaired) electrons. The number of pyridine rings is 1. The van der Waals surface area contributed by atoms with Gasteiger partial charge in [-0.15, -0.1) is 5.10 Å². The van der Waals surface area contributed by atoms with E-state index >= 15 is 0 Å². The molecule has 2 aromatic rings. The van der Waals surface area contributed by atoms with E-state index in [4.69, 9.17) is 9.84 Å². The van der Waals surface area contributed by atoms with E-state index < -0.39 is 0 Å². The van der Waals surface area contributed by atoms with Crippen LogP contribution in [0, 0.1) is 0 Å². The summed E-state index contributed by atoms with van der Waals surface area (Å²) in [6.45, 7) is 0.970. The highest BCUT2D eigenvalue weighted by Crippen LogP contribution is 2.32. The van der Waals surface area contributed by atoms with Crippen LogP contribution in [0.2, 0.25) is 0 Å². The molecule has 8 nitrogen and oxygen atoms in total. The third-order valence-corrected chi connectivity index (χ3v) is 2.93. The van der Waals surface area contributed by atoms with Gasteiger partial charge < -0.3 is 20.1 Å². The quantitative estimate of drug-likeness (QED) is 0.761. The highest BCUT2D eigenvalue weighted by molar-refractivity contribution is 5.74. The van der Waals surface area contributed by atoms with E-state index in [2.05, 4.69) is 20.6 Å². The minimum absolute atomic E-state index is 0.0391. The van der Waals surface area contributed by atoms with Gasteiger partial charge in [-0.05, 0) is 6.07 Å². The minimum atomic E-state index is 0.0391. The number of nitrogens with zero attached hydrogens (tertiary/aromatic N) is 5. The molecule has 0 atom stereocenters. The van der Waals surface area contributed by atoms with Crippen molar-refractivity contribution < 1.29 is 9.84 Å². The van der Waals surface area contributed by atoms with Gasteiger partial charge in [0.15, 0.2) is 0 Å². The predicted molar refractivity (Wildman–Crippen MR) is 79.6 cm³/mol. The van der Waals surface area contributed by atoms with E-state index in [9.17, 15) is 0 Å². The molecule has 0 saturated heterocycles. The average Bonchev–Trinajstić information content (AvgIpc) is 2.92. The topological polar surface area (TPSA) is 88.3 Å². The van der Waals surface area contributed by atoms with Gasteiger partial charge >= 0.3 is 0 Å². The number of ether oxygens (including phenoxy) is 1. The lowest BCUT2D eigenvalue weighted by molar-refractivity contribution is 0.268. The molecule has 0 fully saturated rings. The van der Waals surface area contributed by atoms with Crippen LogP contribution in [0.5, 0.6) is 5.88 Å². The number of rotatable bonds is 7. The third-order valence-electron chi connectivity index (χ3n) is 2.93. The van der Waals surface area contributed by atoms with Gasteiger partial charge in [-0.2, -0.15) is 0 Å². The van der Waals surface area contributed by atoms with Gasteiger partial charge in [0.25, 0.3) is 0 Å². The maximum absolute atomic E-state index is 8.87. The molecule has 2 N–H and O–H groups in total. The van der Waals surface area contributed by atoms with Crippen molar-refractivity contribution in [1.82, 2.24) is 20.0 Å². The van der Waals surface area contributed by atoms with E-state index in [1.165, 1.54) is 0 Å². The predicted octanol–water partition coefficient (Wildman–Crippen LogP) is 0.352. The molecule has 0 unspecified atom stereocenters. The molecule has 0 bridgehead atoms. The van der Waals surface area contributed by atoms with Crippen LogP contribution in [-0.4, -0.2) is 52.9 Å². The van der Waals surface area contributed by atoms with E-state index in [-0.39, 0.29) is 6.61 Å². The third kappa shape index (κ3) is 3.60. The molecule has 0 spiro atoms. The van der Waals surface area contributed by atoms with E-state index in [0.29, 0.717) is 19.0 Å². The van der Waals surface area contributed by atoms with Crippen LogP contribution < -0.4 is 15.0 Å². The Morgan fingerprint density at radius 3 is 2.90 bits per heavy atom. The van der Waals surface area contributed by atoms with Crippen molar-refractivity contribution in [3.63, 3.8) is 0 Å². The van der Waals surface area contributed by atoms with Crippen LogP contribution in [0.3, 0.4) is 0 Å². The van der Waals surface area contributed by atoms with Crippen molar-refractivity contribution in [3.8, 4) is 5.88 Å². The SMILES string of the molecule is COc1nccc(N(C)C)c1NCc1cn(CCO)nn1. The van der Waals surface area contributed by atoms with E-state index in [1.54, 1.807) is 24.2 Å². The summed E-state index contributed by atoms with van der Waals surface area (Å²) < 4.78 is 6.90. The summed E-state index contributed by atoms with van der Waals surface area (Å²) in [7, 11) is 5.50. The summed E-state index contributed by atoms with van der Waals surface area (Å²) in [6, 6.07) is 1.91. The fourth-order valence-corrected chi connectivity index (χ4v) is 1.94. The Bertz CT molecular complexity index is 584. The molecule has 2 rings (SSSR count). The molecule has 0 amide bonds. The Kier molecular flexibility index (Phi) is 4.94. The number of aliphatic hydroxyl groups excluding tert-OH is 1. The summed E-state index contributed by atoms with van der Waals surface area (Å²) in [5, 5.41) is 20.1. The lowest BCUT2D eigenvalue weighted by Gasteiger charge is -2.19. The highest BCUT2D eigenvalue weighted by Gasteiger charge is 2.12. The second-order valence-corrected chi connectivity index (χ2v) is 4.66. The summed E-state index contributed by atoms with van der Waals surface area (Å²) in [4.78, 5) is 6.18. The summed E-state index contributed by atoms with van der Waals surface area (Å²) in [5.41, 5.74) is 2.56. The van der Waals surface area contributed by atoms with Crippen LogP contribution in [0.1, 0.15) is 5.69 Å². The van der Waals surface area contributed by atoms with Crippen molar-refractivity contribution in [2.45, 2.75) is 13.1 Å². The Morgan fingerprint density at radius 2 is 2.24 bits per heavy atom. The standard InChI is InChI=1S/C13H20N6O2/c1-18(2)11-4-5-14-13(21-3)12(11)15-8-10-9-19(6-7-20)17-16-10/h4-5,9,15,20H,6-8H2,1-3H3. The number of nitrogens with one attached hydrogen (secondary N) is 1. The molecule has 0 aromatic carbocycles. The number of aliphatic hydroxyl groups is 1. The lowest BCUT2D eigenvalue weighted by atomic mass is 10.3. The van der Waals surface area contributed by atoms with Crippen molar-refractivity contribution in [1.29, 1.82) is 0 Å². The van der Waals surface area contributed by atoms with Gasteiger partial charge in [0.2, 0.25) is 5.88 Å². The molecule has 0 saturated carbocycles. The molecule has 2 aromatic heterocycles. The number of hydrogen-bond donors (Lipinski definition) is 2. The van der Waals surface area contributed by atoms with Crippen LogP contribution in [0.15, 0.2) is 18.5 Å². The van der Waals surface area contributed by atoms with E-state index in [1.807, 2.05) is 25.1 Å². The molecule has 0 aliphatic rings. The van der Waals surface area contributed by atoms with Crippen molar-refractivity contribution in [2.24, 2.45) is 0 Å². The normalized spacial score (nSPS) is 10.5. The van der Waals surface area contributed by atoms with Gasteiger partial charge in [0.1, 0.15) is 11.4 Å². The first kappa shape index (κ1) is 15.0. The fourth-order valence-electron chi connectivity index (χ4n) is 1.94. The zero-order chi connectivity index (χ0) is 15.2. The van der Waals surface area contributed by atoms with Crippen molar-refractivity contribution >= 4 is 11.4 Å². The number of methoxy groups -OCH3 is 1. The molecular weight excluding hydrogens is 272 g/mol. The van der Waals surface area contributed by atoms with Crippen LogP contribution in [0.4, 0.5) is 11.4 Å². The molecule has 2 heterocycles. The van der Waals surface area contributed by atoms with Crippen LogP contribution in [-0.2, 0) is 13.1 Å². The first-order valence-corrected chi connectivity index (χ1v) is 6.59. The Labute approximate surface area is 123 Å². The number of hydrogen-bond acceptors (Lipinski definition) is 7. The Morgan fingerprint density at radius 1 is 1.43 bits per heavy atom. The number of anilines is 2. The summed E-state index contributed by atoms with van der Waals surface area (Å²) >= 11 is 0. The molecule has 21 heavy (non-hydrogen) atoms. The van der Waals surface area contributed by atoms with Gasteiger partial charge in [-0.1, -0.05) is 5.21 Å². The molecular formula is C13H20N6O2. The maximum Gasteiger partial charge on any atom is 0.239 e. The van der Waals surface area contributed by atoms with Crippen LogP contribution >= 0.6 is 0 Å². The zero-order valence-corrected chi connectivity index (χ0v) is 12.4. The minimum Gasteiger partial charge on any atom is -0.479 e. The van der Waals surface area contributed by atoms with Gasteiger partial charge in [-0.3, -0.25) is 0 Å². The molecule has 0 aliphatic heterocycles. The number of aromatic nitrogens is 4. The van der Waals surface area contributed by atoms with Crippen LogP contribution in [0.25, 0.3) is 0 Å². The maximum atomic E-state index is 8.87. The second kappa shape index (κ2) is 6.89. The average molecular weight is 292 g/mol. The highest BCUT2D eigenvalue weighted by atomic mass is 16.5. The lowest BCUT2D eigenvalue weighted by Crippen LogP contribution is -2.13. The second-order valence-electron chi connectivity index (χ2n) is 4.66. The smallest absolute Gasteiger partial charge is 0.239 e. The van der Waals surface area contributed by atoms with Gasteiger partial charge in [-0.25, -0.2) is 9.67 Å². The molecule has 114 valence electrons. The van der Waals surface area contributed by atoms with Crippen molar-refractivity contribution in [3.05, 3.63) is 24.2 Å². The summed E-state index contributed by atoms with van der Waals surface area (Å²) in [6.07, 6.45) is 3.50. The van der Waals surface area contributed by atoms with Crippen molar-refractivity contribution in [2.75, 3.05) is 38.0 Å². The van der Waals surface area contributed by atoms with E-state index in [0.717, 1.165) is 17.1 Å². The first-order chi connectivity index (χ1) is 10.2. The molecule has 8 heteroatoms. The zero-order valence-electron chi connectivity index (χ0n) is 12.4. The first-order valence-electron chi connectivity index (χ1n) is 6.59. The Hall–Kier alpha value is -2.35. The fraction of sp³-hybridized carbons (Fsp3) is 0.462. The largest absolute Gasteiger partial charge is 0.479 e. The Balaban J connectivity index is 2.14. The summed E-state index contributed by atoms with van der Waals surface area (Å²) in [5.74, 6) is 0.531. The monoisotopic (exact) mass is 292 g/mol. The van der Waals surface area contributed by atoms with Gasteiger partial charge in [0, 0.05) is 20.3 Å². The van der Waals surface area contributed by atoms with Gasteiger partial charge in [0.05, 0.1) is 38.7 Å².